The molecule has 0 saturated carbocycles. The fourth-order valence-corrected chi connectivity index (χ4v) is 3.48. The Balaban J connectivity index is 1.73. The van der Waals surface area contributed by atoms with Gasteiger partial charge in [-0.05, 0) is 30.5 Å². The van der Waals surface area contributed by atoms with Crippen LogP contribution in [0.5, 0.6) is 0 Å². The fraction of sp³-hybridized carbons (Fsp3) is 0.333. The van der Waals surface area contributed by atoms with E-state index in [0.29, 0.717) is 26.1 Å². The molecule has 26 heavy (non-hydrogen) atoms. The summed E-state index contributed by atoms with van der Waals surface area (Å²) in [5.74, 6) is -0.238. The number of anilines is 1. The third-order valence-electron chi connectivity index (χ3n) is 4.87. The van der Waals surface area contributed by atoms with Crippen molar-refractivity contribution in [2.45, 2.75) is 18.3 Å². The summed E-state index contributed by atoms with van der Waals surface area (Å²) in [7, 11) is 1.69. The van der Waals surface area contributed by atoms with Gasteiger partial charge in [0.1, 0.15) is 0 Å². The van der Waals surface area contributed by atoms with Gasteiger partial charge in [-0.25, -0.2) is 0 Å². The Morgan fingerprint density at radius 2 is 1.58 bits per heavy atom. The van der Waals surface area contributed by atoms with Crippen molar-refractivity contribution in [1.82, 2.24) is 4.90 Å². The van der Waals surface area contributed by atoms with Crippen molar-refractivity contribution in [2.24, 2.45) is 0 Å². The standard InChI is InChI=1S/C21H24N2O3/c1-23(16-19(24)22-18-10-6-3-7-11-18)20(25)21(12-14-26-15-13-21)17-8-4-2-5-9-17/h2-11H,12-16H2,1H3,(H,22,24). The van der Waals surface area contributed by atoms with Gasteiger partial charge in [-0.3, -0.25) is 9.59 Å². The molecule has 5 nitrogen and oxygen atoms in total. The van der Waals surface area contributed by atoms with Gasteiger partial charge < -0.3 is 15.0 Å². The van der Waals surface area contributed by atoms with E-state index in [9.17, 15) is 9.59 Å². The summed E-state index contributed by atoms with van der Waals surface area (Å²) >= 11 is 0. The summed E-state index contributed by atoms with van der Waals surface area (Å²) in [5.41, 5.74) is 1.09. The van der Waals surface area contributed by atoms with Gasteiger partial charge in [-0.15, -0.1) is 0 Å². The predicted octanol–water partition coefficient (Wildman–Crippen LogP) is 2.83. The maximum atomic E-state index is 13.3. The average Bonchev–Trinajstić information content (AvgIpc) is 2.69. The molecule has 5 heteroatoms. The summed E-state index contributed by atoms with van der Waals surface area (Å²) in [6.07, 6.45) is 1.25. The Bertz CT molecular complexity index is 740. The van der Waals surface area contributed by atoms with Crippen LogP contribution in [0.4, 0.5) is 5.69 Å². The molecular weight excluding hydrogens is 328 g/mol. The van der Waals surface area contributed by atoms with Crippen molar-refractivity contribution in [3.05, 3.63) is 66.2 Å². The van der Waals surface area contributed by atoms with E-state index in [1.807, 2.05) is 60.7 Å². The molecule has 2 aromatic rings. The SMILES string of the molecule is CN(CC(=O)Nc1ccccc1)C(=O)C1(c2ccccc2)CCOCC1. The zero-order chi connectivity index (χ0) is 18.4. The zero-order valence-corrected chi connectivity index (χ0v) is 15.0. The van der Waals surface area contributed by atoms with E-state index < -0.39 is 5.41 Å². The van der Waals surface area contributed by atoms with E-state index in [2.05, 4.69) is 5.32 Å². The maximum Gasteiger partial charge on any atom is 0.243 e. The Hall–Kier alpha value is -2.66. The van der Waals surface area contributed by atoms with Gasteiger partial charge in [0.05, 0.1) is 12.0 Å². The summed E-state index contributed by atoms with van der Waals surface area (Å²) in [4.78, 5) is 27.1. The van der Waals surface area contributed by atoms with E-state index in [1.165, 1.54) is 4.90 Å². The number of rotatable bonds is 5. The first-order valence-electron chi connectivity index (χ1n) is 8.85. The summed E-state index contributed by atoms with van der Waals surface area (Å²) < 4.78 is 5.49. The van der Waals surface area contributed by atoms with Crippen molar-refractivity contribution in [3.8, 4) is 0 Å². The van der Waals surface area contributed by atoms with E-state index in [-0.39, 0.29) is 18.4 Å². The van der Waals surface area contributed by atoms with Gasteiger partial charge in [-0.2, -0.15) is 0 Å². The highest BCUT2D eigenvalue weighted by atomic mass is 16.5. The van der Waals surface area contributed by atoms with Crippen molar-refractivity contribution in [3.63, 3.8) is 0 Å². The molecule has 2 aromatic carbocycles. The van der Waals surface area contributed by atoms with Crippen LogP contribution in [0.1, 0.15) is 18.4 Å². The number of likely N-dealkylation sites (N-methyl/N-ethyl adjacent to an activating group) is 1. The maximum absolute atomic E-state index is 13.3. The highest BCUT2D eigenvalue weighted by molar-refractivity contribution is 5.96. The summed E-state index contributed by atoms with van der Waals surface area (Å²) in [5, 5.41) is 2.83. The zero-order valence-electron chi connectivity index (χ0n) is 15.0. The smallest absolute Gasteiger partial charge is 0.243 e. The number of nitrogens with one attached hydrogen (secondary N) is 1. The second kappa shape index (κ2) is 8.15. The topological polar surface area (TPSA) is 58.6 Å². The third-order valence-corrected chi connectivity index (χ3v) is 4.87. The third kappa shape index (κ3) is 3.94. The number of carbonyl (C=O) groups is 2. The summed E-state index contributed by atoms with van der Waals surface area (Å²) in [6, 6.07) is 19.1. The Labute approximate surface area is 154 Å². The fourth-order valence-electron chi connectivity index (χ4n) is 3.48. The van der Waals surface area contributed by atoms with Crippen molar-refractivity contribution >= 4 is 17.5 Å². The minimum Gasteiger partial charge on any atom is -0.381 e. The lowest BCUT2D eigenvalue weighted by Crippen LogP contribution is -2.50. The van der Waals surface area contributed by atoms with Crippen LogP contribution in [0.2, 0.25) is 0 Å². The molecule has 1 heterocycles. The van der Waals surface area contributed by atoms with Crippen molar-refractivity contribution < 1.29 is 14.3 Å². The van der Waals surface area contributed by atoms with Crippen LogP contribution in [0.15, 0.2) is 60.7 Å². The number of carbonyl (C=O) groups excluding carboxylic acids is 2. The molecule has 1 fully saturated rings. The molecule has 0 spiro atoms. The number of para-hydroxylation sites is 1. The van der Waals surface area contributed by atoms with Crippen LogP contribution in [0.3, 0.4) is 0 Å². The molecule has 1 saturated heterocycles. The first-order chi connectivity index (χ1) is 12.6. The van der Waals surface area contributed by atoms with Crippen molar-refractivity contribution in [2.75, 3.05) is 32.1 Å². The molecule has 0 aliphatic carbocycles. The van der Waals surface area contributed by atoms with Crippen LogP contribution in [-0.4, -0.2) is 43.5 Å². The molecule has 1 aliphatic heterocycles. The van der Waals surface area contributed by atoms with E-state index in [0.717, 1.165) is 11.3 Å². The molecule has 0 atom stereocenters. The van der Waals surface area contributed by atoms with Gasteiger partial charge in [0, 0.05) is 25.9 Å². The number of hydrogen-bond donors (Lipinski definition) is 1. The molecule has 3 rings (SSSR count). The van der Waals surface area contributed by atoms with Crippen LogP contribution in [0.25, 0.3) is 0 Å². The van der Waals surface area contributed by atoms with Gasteiger partial charge in [0.25, 0.3) is 0 Å². The molecule has 2 amide bonds. The first kappa shape index (κ1) is 18.1. The Morgan fingerprint density at radius 1 is 1.00 bits per heavy atom. The number of benzene rings is 2. The van der Waals surface area contributed by atoms with Crippen LogP contribution in [-0.2, 0) is 19.7 Å². The monoisotopic (exact) mass is 352 g/mol. The molecule has 0 aromatic heterocycles. The van der Waals surface area contributed by atoms with Crippen LogP contribution >= 0.6 is 0 Å². The number of nitrogens with zero attached hydrogens (tertiary/aromatic N) is 1. The second-order valence-electron chi connectivity index (χ2n) is 6.64. The van der Waals surface area contributed by atoms with Crippen LogP contribution in [0, 0.1) is 0 Å². The number of hydrogen-bond acceptors (Lipinski definition) is 3. The predicted molar refractivity (Wildman–Crippen MR) is 101 cm³/mol. The van der Waals surface area contributed by atoms with Gasteiger partial charge in [0.15, 0.2) is 0 Å². The molecule has 0 unspecified atom stereocenters. The lowest BCUT2D eigenvalue weighted by Gasteiger charge is -2.38. The lowest BCUT2D eigenvalue weighted by molar-refractivity contribution is -0.142. The molecule has 0 radical (unpaired) electrons. The molecule has 1 aliphatic rings. The quantitative estimate of drug-likeness (QED) is 0.900. The van der Waals surface area contributed by atoms with Gasteiger partial charge in [0.2, 0.25) is 11.8 Å². The Morgan fingerprint density at radius 3 is 2.19 bits per heavy atom. The minimum absolute atomic E-state index is 0.0170. The largest absolute Gasteiger partial charge is 0.381 e. The molecule has 0 bridgehead atoms. The molecular formula is C21H24N2O3. The second-order valence-corrected chi connectivity index (χ2v) is 6.64. The minimum atomic E-state index is -0.624. The van der Waals surface area contributed by atoms with Gasteiger partial charge in [-0.1, -0.05) is 48.5 Å². The normalized spacial score (nSPS) is 15.9. The van der Waals surface area contributed by atoms with Crippen molar-refractivity contribution in [1.29, 1.82) is 0 Å². The first-order valence-corrected chi connectivity index (χ1v) is 8.85. The number of amides is 2. The average molecular weight is 352 g/mol. The molecule has 136 valence electrons. The van der Waals surface area contributed by atoms with Gasteiger partial charge >= 0.3 is 0 Å². The lowest BCUT2D eigenvalue weighted by atomic mass is 9.73. The highest BCUT2D eigenvalue weighted by Gasteiger charge is 2.43. The van der Waals surface area contributed by atoms with E-state index in [4.69, 9.17) is 4.74 Å². The molecule has 1 N–H and O–H groups in total. The van der Waals surface area contributed by atoms with E-state index in [1.54, 1.807) is 7.05 Å². The Kier molecular flexibility index (Phi) is 5.68. The highest BCUT2D eigenvalue weighted by Crippen LogP contribution is 2.36. The summed E-state index contributed by atoms with van der Waals surface area (Å²) in [6.45, 7) is 1.11. The number of ether oxygens (including phenoxy) is 1. The van der Waals surface area contributed by atoms with E-state index >= 15 is 0 Å². The van der Waals surface area contributed by atoms with Crippen LogP contribution < -0.4 is 5.32 Å².